The Hall–Kier alpha value is -1.42. The summed E-state index contributed by atoms with van der Waals surface area (Å²) in [7, 11) is 0. The van der Waals surface area contributed by atoms with Crippen molar-refractivity contribution >= 4 is 11.6 Å². The Morgan fingerprint density at radius 1 is 1.22 bits per heavy atom. The second-order valence-electron chi connectivity index (χ2n) is 4.58. The summed E-state index contributed by atoms with van der Waals surface area (Å²) in [6, 6.07) is 6.39. The zero-order chi connectivity index (χ0) is 13.3. The number of nitrogens with zero attached hydrogens (tertiary/aromatic N) is 3. The molecular formula is C13H15ClFN3. The third-order valence-electron chi connectivity index (χ3n) is 2.92. The Morgan fingerprint density at radius 2 is 1.94 bits per heavy atom. The highest BCUT2D eigenvalue weighted by atomic mass is 35.5. The minimum Gasteiger partial charge on any atom is -0.294 e. The molecule has 96 valence electrons. The monoisotopic (exact) mass is 267 g/mol. The summed E-state index contributed by atoms with van der Waals surface area (Å²) in [6.07, 6.45) is 0. The summed E-state index contributed by atoms with van der Waals surface area (Å²) in [5, 5.41) is 8.29. The lowest BCUT2D eigenvalue weighted by Crippen LogP contribution is -2.12. The van der Waals surface area contributed by atoms with Crippen LogP contribution in [-0.2, 0) is 0 Å². The highest BCUT2D eigenvalue weighted by molar-refractivity contribution is 6.28. The Morgan fingerprint density at radius 3 is 2.56 bits per heavy atom. The van der Waals surface area contributed by atoms with E-state index in [0.29, 0.717) is 5.28 Å². The summed E-state index contributed by atoms with van der Waals surface area (Å²) < 4.78 is 15.1. The maximum atomic E-state index is 13.3. The van der Waals surface area contributed by atoms with E-state index in [0.717, 1.165) is 11.4 Å². The van der Waals surface area contributed by atoms with Gasteiger partial charge in [-0.3, -0.25) is 4.57 Å². The first kappa shape index (κ1) is 13.0. The first-order valence-corrected chi connectivity index (χ1v) is 6.24. The zero-order valence-corrected chi connectivity index (χ0v) is 11.3. The van der Waals surface area contributed by atoms with E-state index in [-0.39, 0.29) is 17.8 Å². The molecule has 0 amide bonds. The quantitative estimate of drug-likeness (QED) is 0.847. The van der Waals surface area contributed by atoms with Crippen LogP contribution in [0.3, 0.4) is 0 Å². The maximum absolute atomic E-state index is 13.3. The topological polar surface area (TPSA) is 30.7 Å². The molecule has 1 aromatic carbocycles. The molecule has 0 spiro atoms. The molecule has 0 saturated heterocycles. The van der Waals surface area contributed by atoms with Crippen LogP contribution in [0.15, 0.2) is 24.3 Å². The third kappa shape index (κ3) is 2.38. The van der Waals surface area contributed by atoms with E-state index in [9.17, 15) is 4.39 Å². The van der Waals surface area contributed by atoms with E-state index in [2.05, 4.69) is 10.2 Å². The van der Waals surface area contributed by atoms with Crippen LogP contribution >= 0.6 is 11.6 Å². The van der Waals surface area contributed by atoms with Crippen LogP contribution in [0.1, 0.15) is 44.1 Å². The lowest BCUT2D eigenvalue weighted by Gasteiger charge is -2.18. The van der Waals surface area contributed by atoms with Gasteiger partial charge in [0.2, 0.25) is 5.28 Å². The van der Waals surface area contributed by atoms with E-state index in [1.807, 2.05) is 31.4 Å². The lowest BCUT2D eigenvalue weighted by atomic mass is 10.1. The summed E-state index contributed by atoms with van der Waals surface area (Å²) >= 11 is 6.07. The average Bonchev–Trinajstić information content (AvgIpc) is 2.70. The van der Waals surface area contributed by atoms with Crippen LogP contribution in [-0.4, -0.2) is 14.8 Å². The van der Waals surface area contributed by atoms with Gasteiger partial charge >= 0.3 is 0 Å². The van der Waals surface area contributed by atoms with Crippen molar-refractivity contribution in [2.45, 2.75) is 32.7 Å². The second kappa shape index (κ2) is 5.06. The molecule has 2 aromatic rings. The standard InChI is InChI=1S/C13H15ClFN3/c1-8(2)12-16-17-13(14)18(12)9(3)10-5-4-6-11(15)7-10/h4-9H,1-3H3. The maximum Gasteiger partial charge on any atom is 0.225 e. The van der Waals surface area contributed by atoms with Gasteiger partial charge in [-0.25, -0.2) is 4.39 Å². The molecule has 0 saturated carbocycles. The summed E-state index contributed by atoms with van der Waals surface area (Å²) in [6.45, 7) is 6.00. The SMILES string of the molecule is CC(C)c1nnc(Cl)n1C(C)c1cccc(F)c1. The Balaban J connectivity index is 2.45. The molecule has 1 atom stereocenters. The van der Waals surface area contributed by atoms with Crippen LogP contribution in [0.2, 0.25) is 5.28 Å². The zero-order valence-electron chi connectivity index (χ0n) is 10.6. The van der Waals surface area contributed by atoms with Crippen molar-refractivity contribution in [3.05, 3.63) is 46.8 Å². The molecule has 0 radical (unpaired) electrons. The molecule has 0 N–H and O–H groups in total. The van der Waals surface area contributed by atoms with Gasteiger partial charge in [-0.2, -0.15) is 0 Å². The number of rotatable bonds is 3. The van der Waals surface area contributed by atoms with Gasteiger partial charge in [0.05, 0.1) is 6.04 Å². The molecule has 1 heterocycles. The number of hydrogen-bond donors (Lipinski definition) is 0. The van der Waals surface area contributed by atoms with E-state index >= 15 is 0 Å². The first-order chi connectivity index (χ1) is 8.50. The van der Waals surface area contributed by atoms with Gasteiger partial charge in [-0.15, -0.1) is 10.2 Å². The molecular weight excluding hydrogens is 253 g/mol. The summed E-state index contributed by atoms with van der Waals surface area (Å²) in [5.41, 5.74) is 0.846. The van der Waals surface area contributed by atoms with Gasteiger partial charge in [0.25, 0.3) is 0 Å². The van der Waals surface area contributed by atoms with Crippen LogP contribution in [0.25, 0.3) is 0 Å². The van der Waals surface area contributed by atoms with Crippen molar-refractivity contribution in [2.75, 3.05) is 0 Å². The van der Waals surface area contributed by atoms with Gasteiger partial charge in [-0.1, -0.05) is 26.0 Å². The van der Waals surface area contributed by atoms with E-state index in [1.165, 1.54) is 12.1 Å². The predicted octanol–water partition coefficient (Wildman–Crippen LogP) is 3.80. The van der Waals surface area contributed by atoms with Crippen molar-refractivity contribution in [3.8, 4) is 0 Å². The van der Waals surface area contributed by atoms with E-state index in [1.54, 1.807) is 6.07 Å². The average molecular weight is 268 g/mol. The van der Waals surface area contributed by atoms with Gasteiger partial charge in [-0.05, 0) is 36.2 Å². The van der Waals surface area contributed by atoms with Crippen molar-refractivity contribution in [2.24, 2.45) is 0 Å². The molecule has 1 aromatic heterocycles. The normalized spacial score (nSPS) is 13.0. The van der Waals surface area contributed by atoms with Gasteiger partial charge < -0.3 is 0 Å². The Kier molecular flexibility index (Phi) is 3.66. The Bertz CT molecular complexity index is 551. The number of aromatic nitrogens is 3. The molecule has 18 heavy (non-hydrogen) atoms. The molecule has 2 rings (SSSR count). The molecule has 0 bridgehead atoms. The number of hydrogen-bond acceptors (Lipinski definition) is 2. The molecule has 0 aliphatic carbocycles. The fourth-order valence-corrected chi connectivity index (χ4v) is 2.22. The van der Waals surface area contributed by atoms with Crippen LogP contribution in [0.5, 0.6) is 0 Å². The van der Waals surface area contributed by atoms with Crippen molar-refractivity contribution in [1.29, 1.82) is 0 Å². The molecule has 1 unspecified atom stereocenters. The van der Waals surface area contributed by atoms with Crippen LogP contribution < -0.4 is 0 Å². The predicted molar refractivity (Wildman–Crippen MR) is 69.3 cm³/mol. The van der Waals surface area contributed by atoms with Crippen LogP contribution in [0, 0.1) is 5.82 Å². The highest BCUT2D eigenvalue weighted by Crippen LogP contribution is 2.26. The van der Waals surface area contributed by atoms with Gasteiger partial charge in [0, 0.05) is 5.92 Å². The van der Waals surface area contributed by atoms with Crippen LogP contribution in [0.4, 0.5) is 4.39 Å². The minimum absolute atomic E-state index is 0.0967. The molecule has 0 fully saturated rings. The highest BCUT2D eigenvalue weighted by Gasteiger charge is 2.19. The fourth-order valence-electron chi connectivity index (χ4n) is 1.95. The second-order valence-corrected chi connectivity index (χ2v) is 4.92. The lowest BCUT2D eigenvalue weighted by molar-refractivity contribution is 0.569. The smallest absolute Gasteiger partial charge is 0.225 e. The van der Waals surface area contributed by atoms with E-state index < -0.39 is 0 Å². The fraction of sp³-hybridized carbons (Fsp3) is 0.385. The summed E-state index contributed by atoms with van der Waals surface area (Å²) in [5.74, 6) is 0.757. The van der Waals surface area contributed by atoms with Crippen molar-refractivity contribution in [3.63, 3.8) is 0 Å². The third-order valence-corrected chi connectivity index (χ3v) is 3.17. The van der Waals surface area contributed by atoms with Crippen molar-refractivity contribution < 1.29 is 4.39 Å². The van der Waals surface area contributed by atoms with Crippen molar-refractivity contribution in [1.82, 2.24) is 14.8 Å². The van der Waals surface area contributed by atoms with Gasteiger partial charge in [0.1, 0.15) is 11.6 Å². The number of halogens is 2. The molecule has 3 nitrogen and oxygen atoms in total. The number of benzene rings is 1. The molecule has 0 aliphatic heterocycles. The first-order valence-electron chi connectivity index (χ1n) is 5.86. The summed E-state index contributed by atoms with van der Waals surface area (Å²) in [4.78, 5) is 0. The Labute approximate surface area is 111 Å². The largest absolute Gasteiger partial charge is 0.294 e. The van der Waals surface area contributed by atoms with Gasteiger partial charge in [0.15, 0.2) is 0 Å². The minimum atomic E-state index is -0.255. The molecule has 5 heteroatoms. The van der Waals surface area contributed by atoms with E-state index in [4.69, 9.17) is 11.6 Å². The molecule has 0 aliphatic rings.